The van der Waals surface area contributed by atoms with E-state index in [2.05, 4.69) is 4.72 Å². The first kappa shape index (κ1) is 16.3. The minimum absolute atomic E-state index is 0.233. The number of fused-ring (bicyclic) bond motifs is 1. The zero-order valence-corrected chi connectivity index (χ0v) is 13.0. The quantitative estimate of drug-likeness (QED) is 0.746. The maximum atomic E-state index is 12.6. The zero-order chi connectivity index (χ0) is 17.4. The van der Waals surface area contributed by atoms with Gasteiger partial charge in [0.25, 0.3) is 10.0 Å². The van der Waals surface area contributed by atoms with Crippen LogP contribution in [0.1, 0.15) is 5.56 Å². The van der Waals surface area contributed by atoms with Gasteiger partial charge in [0.2, 0.25) is 0 Å². The molecular weight excluding hydrogens is 339 g/mol. The minimum atomic E-state index is -4.51. The van der Waals surface area contributed by atoms with Crippen LogP contribution in [-0.2, 0) is 16.2 Å². The molecule has 0 unspecified atom stereocenters. The Labute approximate surface area is 136 Å². The summed E-state index contributed by atoms with van der Waals surface area (Å²) in [4.78, 5) is -0.233. The average Bonchev–Trinajstić information content (AvgIpc) is 2.54. The van der Waals surface area contributed by atoms with E-state index in [1.54, 1.807) is 24.3 Å². The lowest BCUT2D eigenvalue weighted by atomic mass is 10.1. The molecule has 0 fully saturated rings. The Bertz CT molecular complexity index is 975. The summed E-state index contributed by atoms with van der Waals surface area (Å²) in [6.45, 7) is 0. The van der Waals surface area contributed by atoms with Crippen LogP contribution in [0.3, 0.4) is 0 Å². The lowest BCUT2D eigenvalue weighted by Gasteiger charge is -2.12. The van der Waals surface area contributed by atoms with E-state index in [0.717, 1.165) is 29.7 Å². The van der Waals surface area contributed by atoms with Gasteiger partial charge in [-0.15, -0.1) is 0 Å². The van der Waals surface area contributed by atoms with Crippen LogP contribution in [0.25, 0.3) is 10.8 Å². The van der Waals surface area contributed by atoms with Crippen LogP contribution in [0.2, 0.25) is 0 Å². The van der Waals surface area contributed by atoms with Gasteiger partial charge in [-0.25, -0.2) is 8.42 Å². The first-order valence-electron chi connectivity index (χ1n) is 6.95. The summed E-state index contributed by atoms with van der Waals surface area (Å²) >= 11 is 0. The van der Waals surface area contributed by atoms with Crippen LogP contribution in [-0.4, -0.2) is 8.42 Å². The van der Waals surface area contributed by atoms with E-state index >= 15 is 0 Å². The molecule has 0 spiro atoms. The van der Waals surface area contributed by atoms with Crippen molar-refractivity contribution in [1.29, 1.82) is 0 Å². The summed E-state index contributed by atoms with van der Waals surface area (Å²) in [5.74, 6) is 0. The summed E-state index contributed by atoms with van der Waals surface area (Å²) in [6, 6.07) is 15.7. The van der Waals surface area contributed by atoms with Crippen molar-refractivity contribution in [2.45, 2.75) is 11.1 Å². The molecule has 0 aliphatic carbocycles. The Hall–Kier alpha value is -2.54. The van der Waals surface area contributed by atoms with Crippen LogP contribution >= 0.6 is 0 Å². The summed E-state index contributed by atoms with van der Waals surface area (Å²) in [5.41, 5.74) is -0.528. The molecule has 7 heteroatoms. The second-order valence-electron chi connectivity index (χ2n) is 5.15. The number of nitrogens with one attached hydrogen (secondary N) is 1. The molecule has 0 bridgehead atoms. The van der Waals surface area contributed by atoms with E-state index in [4.69, 9.17) is 0 Å². The van der Waals surface area contributed by atoms with Crippen LogP contribution < -0.4 is 4.72 Å². The molecular formula is C17H12F3NO2S. The molecule has 0 atom stereocenters. The minimum Gasteiger partial charge on any atom is -0.279 e. The third-order valence-electron chi connectivity index (χ3n) is 3.53. The van der Waals surface area contributed by atoms with Crippen LogP contribution in [0.15, 0.2) is 71.6 Å². The molecule has 0 saturated carbocycles. The molecule has 1 N–H and O–H groups in total. The van der Waals surface area contributed by atoms with Crippen molar-refractivity contribution in [1.82, 2.24) is 0 Å². The monoisotopic (exact) mass is 351 g/mol. The third-order valence-corrected chi connectivity index (χ3v) is 4.91. The molecule has 0 radical (unpaired) electrons. The molecule has 0 saturated heterocycles. The number of halogens is 3. The van der Waals surface area contributed by atoms with Gasteiger partial charge in [0, 0.05) is 5.39 Å². The second kappa shape index (κ2) is 5.83. The van der Waals surface area contributed by atoms with E-state index < -0.39 is 21.8 Å². The molecule has 0 heterocycles. The largest absolute Gasteiger partial charge is 0.416 e. The first-order chi connectivity index (χ1) is 11.3. The Morgan fingerprint density at radius 2 is 1.42 bits per heavy atom. The highest BCUT2D eigenvalue weighted by Crippen LogP contribution is 2.30. The number of hydrogen-bond donors (Lipinski definition) is 1. The lowest BCUT2D eigenvalue weighted by molar-refractivity contribution is -0.137. The highest BCUT2D eigenvalue weighted by molar-refractivity contribution is 7.92. The maximum absolute atomic E-state index is 12.6. The smallest absolute Gasteiger partial charge is 0.279 e. The van der Waals surface area contributed by atoms with Crippen molar-refractivity contribution in [2.24, 2.45) is 0 Å². The van der Waals surface area contributed by atoms with Crippen molar-refractivity contribution in [3.8, 4) is 0 Å². The van der Waals surface area contributed by atoms with Crippen molar-refractivity contribution in [3.05, 3.63) is 72.3 Å². The summed E-state index contributed by atoms with van der Waals surface area (Å²) in [7, 11) is -3.98. The van der Waals surface area contributed by atoms with Crippen LogP contribution in [0.4, 0.5) is 18.9 Å². The molecule has 3 aromatic carbocycles. The van der Waals surface area contributed by atoms with E-state index in [-0.39, 0.29) is 4.90 Å². The fraction of sp³-hybridized carbons (Fsp3) is 0.0588. The van der Waals surface area contributed by atoms with Gasteiger partial charge in [0.15, 0.2) is 0 Å². The second-order valence-corrected chi connectivity index (χ2v) is 6.84. The number of sulfonamides is 1. The number of hydrogen-bond acceptors (Lipinski definition) is 2. The molecule has 0 aliphatic heterocycles. The molecule has 0 aliphatic rings. The van der Waals surface area contributed by atoms with Gasteiger partial charge >= 0.3 is 6.18 Å². The predicted octanol–water partition coefficient (Wildman–Crippen LogP) is 4.66. The van der Waals surface area contributed by atoms with Gasteiger partial charge in [-0.3, -0.25) is 4.72 Å². The molecule has 3 aromatic rings. The zero-order valence-electron chi connectivity index (χ0n) is 12.2. The Morgan fingerprint density at radius 1 is 0.792 bits per heavy atom. The third kappa shape index (κ3) is 3.21. The average molecular weight is 351 g/mol. The highest BCUT2D eigenvalue weighted by Gasteiger charge is 2.30. The normalized spacial score (nSPS) is 12.3. The molecule has 124 valence electrons. The highest BCUT2D eigenvalue weighted by atomic mass is 32.2. The fourth-order valence-electron chi connectivity index (χ4n) is 2.34. The first-order valence-corrected chi connectivity index (χ1v) is 8.43. The summed E-state index contributed by atoms with van der Waals surface area (Å²) in [6.07, 6.45) is -4.51. The Kier molecular flexibility index (Phi) is 3.96. The maximum Gasteiger partial charge on any atom is 0.416 e. The summed E-state index contributed by atoms with van der Waals surface area (Å²) in [5, 5.41) is 1.56. The number of alkyl halides is 3. The molecule has 0 aromatic heterocycles. The number of anilines is 1. The van der Waals surface area contributed by atoms with Crippen molar-refractivity contribution in [3.63, 3.8) is 0 Å². The topological polar surface area (TPSA) is 46.2 Å². The van der Waals surface area contributed by atoms with E-state index in [9.17, 15) is 21.6 Å². The van der Waals surface area contributed by atoms with Gasteiger partial charge in [-0.2, -0.15) is 13.2 Å². The molecule has 3 rings (SSSR count). The van der Waals surface area contributed by atoms with Crippen molar-refractivity contribution in [2.75, 3.05) is 4.72 Å². The van der Waals surface area contributed by atoms with Gasteiger partial charge in [-0.1, -0.05) is 36.4 Å². The Balaban J connectivity index is 1.96. The van der Waals surface area contributed by atoms with Crippen LogP contribution in [0, 0.1) is 0 Å². The molecule has 24 heavy (non-hydrogen) atoms. The van der Waals surface area contributed by atoms with E-state index in [1.165, 1.54) is 0 Å². The van der Waals surface area contributed by atoms with E-state index in [1.807, 2.05) is 18.2 Å². The number of benzene rings is 3. The predicted molar refractivity (Wildman–Crippen MR) is 86.2 cm³/mol. The SMILES string of the molecule is O=S(=O)(Nc1cccc2ccccc12)c1ccc(C(F)(F)F)cc1. The van der Waals surface area contributed by atoms with Gasteiger partial charge < -0.3 is 0 Å². The van der Waals surface area contributed by atoms with Gasteiger partial charge in [0.1, 0.15) is 0 Å². The molecule has 0 amide bonds. The lowest BCUT2D eigenvalue weighted by Crippen LogP contribution is -2.14. The standard InChI is InChI=1S/C17H12F3NO2S/c18-17(19,20)13-8-10-14(11-9-13)24(22,23)21-16-7-3-5-12-4-1-2-6-15(12)16/h1-11,21H. The van der Waals surface area contributed by atoms with Crippen molar-refractivity contribution >= 4 is 26.5 Å². The fourth-order valence-corrected chi connectivity index (χ4v) is 3.42. The molecule has 3 nitrogen and oxygen atoms in total. The van der Waals surface area contributed by atoms with Crippen molar-refractivity contribution < 1.29 is 21.6 Å². The summed E-state index contributed by atoms with van der Waals surface area (Å²) < 4.78 is 65.0. The van der Waals surface area contributed by atoms with Gasteiger partial charge in [-0.05, 0) is 35.7 Å². The van der Waals surface area contributed by atoms with Crippen LogP contribution in [0.5, 0.6) is 0 Å². The number of rotatable bonds is 3. The van der Waals surface area contributed by atoms with E-state index in [0.29, 0.717) is 11.1 Å². The van der Waals surface area contributed by atoms with Gasteiger partial charge in [0.05, 0.1) is 16.1 Å². The Morgan fingerprint density at radius 3 is 2.08 bits per heavy atom.